The third-order valence-corrected chi connectivity index (χ3v) is 6.87. The van der Waals surface area contributed by atoms with E-state index in [0.29, 0.717) is 11.2 Å². The Bertz CT molecular complexity index is 802. The topological polar surface area (TPSA) is 26.0 Å². The summed E-state index contributed by atoms with van der Waals surface area (Å²) < 4.78 is 5.94. The van der Waals surface area contributed by atoms with Gasteiger partial charge in [-0.05, 0) is 53.2 Å². The highest BCUT2D eigenvalue weighted by molar-refractivity contribution is 9.08. The Morgan fingerprint density at radius 2 is 1.84 bits per heavy atom. The summed E-state index contributed by atoms with van der Waals surface area (Å²) in [6, 6.07) is 7.23. The van der Waals surface area contributed by atoms with E-state index in [0.717, 1.165) is 18.1 Å². The molecular weight excluding hydrogens is 374 g/mol. The minimum atomic E-state index is 0.253. The van der Waals surface area contributed by atoms with E-state index in [2.05, 4.69) is 61.8 Å². The average Bonchev–Trinajstić information content (AvgIpc) is 3.02. The molecule has 3 heteroatoms. The molecule has 1 aromatic carbocycles. The van der Waals surface area contributed by atoms with E-state index in [-0.39, 0.29) is 10.8 Å². The second-order valence-electron chi connectivity index (χ2n) is 9.07. The van der Waals surface area contributed by atoms with Gasteiger partial charge in [-0.15, -0.1) is 0 Å². The van der Waals surface area contributed by atoms with Gasteiger partial charge in [-0.2, -0.15) is 0 Å². The first-order chi connectivity index (χ1) is 11.8. The highest BCUT2D eigenvalue weighted by Crippen LogP contribution is 2.47. The summed E-state index contributed by atoms with van der Waals surface area (Å²) in [5, 5.41) is 0.693. The Balaban J connectivity index is 1.80. The maximum Gasteiger partial charge on any atom is 0.205 e. The summed E-state index contributed by atoms with van der Waals surface area (Å²) in [5.74, 6) is 2.30. The Hall–Kier alpha value is -1.09. The van der Waals surface area contributed by atoms with Crippen molar-refractivity contribution in [2.45, 2.75) is 81.9 Å². The van der Waals surface area contributed by atoms with Gasteiger partial charge < -0.3 is 4.42 Å². The average molecular weight is 402 g/mol. The summed E-state index contributed by atoms with van der Waals surface area (Å²) in [7, 11) is 0. The number of hydrogen-bond acceptors (Lipinski definition) is 2. The van der Waals surface area contributed by atoms with Gasteiger partial charge in [0.05, 0.1) is 11.0 Å². The number of rotatable bonds is 2. The molecule has 2 nitrogen and oxygen atoms in total. The summed E-state index contributed by atoms with van der Waals surface area (Å²) >= 11 is 3.48. The Morgan fingerprint density at radius 3 is 2.56 bits per heavy atom. The lowest BCUT2D eigenvalue weighted by Gasteiger charge is -2.42. The molecule has 0 spiro atoms. The molecule has 0 N–H and O–H groups in total. The number of alkyl halides is 1. The molecule has 2 aliphatic carbocycles. The zero-order valence-corrected chi connectivity index (χ0v) is 17.4. The molecule has 0 saturated carbocycles. The number of benzene rings is 1. The largest absolute Gasteiger partial charge is 0.444 e. The number of aromatic nitrogens is 1. The fraction of sp³-hybridized carbons (Fsp3) is 0.591. The molecule has 4 rings (SSSR count). The lowest BCUT2D eigenvalue weighted by molar-refractivity contribution is 0.331. The molecule has 0 amide bonds. The van der Waals surface area contributed by atoms with Gasteiger partial charge >= 0.3 is 0 Å². The second-order valence-corrected chi connectivity index (χ2v) is 9.63. The van der Waals surface area contributed by atoms with Crippen molar-refractivity contribution in [3.63, 3.8) is 0 Å². The molecule has 25 heavy (non-hydrogen) atoms. The van der Waals surface area contributed by atoms with E-state index < -0.39 is 0 Å². The summed E-state index contributed by atoms with van der Waals surface area (Å²) in [4.78, 5) is 4.79. The van der Waals surface area contributed by atoms with Crippen LogP contribution in [0.3, 0.4) is 0 Å². The lowest BCUT2D eigenvalue weighted by Crippen LogP contribution is -2.34. The van der Waals surface area contributed by atoms with Gasteiger partial charge in [0.25, 0.3) is 0 Å². The molecule has 1 atom stereocenters. The molecule has 0 radical (unpaired) electrons. The van der Waals surface area contributed by atoms with E-state index >= 15 is 0 Å². The molecule has 2 aromatic rings. The highest BCUT2D eigenvalue weighted by Gasteiger charge is 2.38. The quantitative estimate of drug-likeness (QED) is 0.544. The summed E-state index contributed by atoms with van der Waals surface area (Å²) in [6.07, 6.45) is 5.89. The number of halogens is 1. The Morgan fingerprint density at radius 1 is 1.12 bits per heavy atom. The van der Waals surface area contributed by atoms with Gasteiger partial charge in [-0.3, -0.25) is 0 Å². The summed E-state index contributed by atoms with van der Waals surface area (Å²) in [5.41, 5.74) is 6.19. The van der Waals surface area contributed by atoms with Gasteiger partial charge in [0.2, 0.25) is 5.89 Å². The van der Waals surface area contributed by atoms with Crippen LogP contribution in [0.5, 0.6) is 0 Å². The van der Waals surface area contributed by atoms with Crippen LogP contribution in [0.1, 0.15) is 93.3 Å². The predicted octanol–water partition coefficient (Wildman–Crippen LogP) is 6.39. The van der Waals surface area contributed by atoms with Gasteiger partial charge in [-0.1, -0.05) is 61.8 Å². The standard InChI is InChI=1S/C22H28BrNO/c1-21(2)10-11-22(3,4)17-12-14(8-9-16(17)21)15-6-5-7-18-20(15)24-19(13-23)25-18/h8-9,12,15H,5-7,10-11,13H2,1-4H3. The molecule has 0 fully saturated rings. The molecule has 0 saturated heterocycles. The van der Waals surface area contributed by atoms with Crippen LogP contribution in [0.25, 0.3) is 0 Å². The molecule has 2 aliphatic rings. The maximum atomic E-state index is 5.94. The van der Waals surface area contributed by atoms with E-state index in [1.165, 1.54) is 48.1 Å². The van der Waals surface area contributed by atoms with Crippen molar-refractivity contribution in [2.24, 2.45) is 0 Å². The molecule has 1 aromatic heterocycles. The van der Waals surface area contributed by atoms with Crippen molar-refractivity contribution in [1.29, 1.82) is 0 Å². The van der Waals surface area contributed by atoms with Crippen molar-refractivity contribution >= 4 is 15.9 Å². The van der Waals surface area contributed by atoms with Gasteiger partial charge in [0.15, 0.2) is 0 Å². The predicted molar refractivity (Wildman–Crippen MR) is 106 cm³/mol. The van der Waals surface area contributed by atoms with Crippen molar-refractivity contribution < 1.29 is 4.42 Å². The van der Waals surface area contributed by atoms with E-state index in [4.69, 9.17) is 9.40 Å². The monoisotopic (exact) mass is 401 g/mol. The number of nitrogens with zero attached hydrogens (tertiary/aromatic N) is 1. The fourth-order valence-electron chi connectivity index (χ4n) is 4.67. The van der Waals surface area contributed by atoms with Gasteiger partial charge in [0, 0.05) is 12.3 Å². The van der Waals surface area contributed by atoms with Crippen LogP contribution in [0.15, 0.2) is 22.6 Å². The molecule has 0 aliphatic heterocycles. The zero-order chi connectivity index (χ0) is 17.8. The van der Waals surface area contributed by atoms with Crippen LogP contribution >= 0.6 is 15.9 Å². The smallest absolute Gasteiger partial charge is 0.205 e. The molecular formula is C22H28BrNO. The van der Waals surface area contributed by atoms with Crippen LogP contribution in [-0.4, -0.2) is 4.98 Å². The second kappa shape index (κ2) is 5.97. The number of fused-ring (bicyclic) bond motifs is 2. The maximum absolute atomic E-state index is 5.94. The third-order valence-electron chi connectivity index (χ3n) is 6.39. The lowest BCUT2D eigenvalue weighted by atomic mass is 9.62. The fourth-order valence-corrected chi connectivity index (χ4v) is 4.91. The van der Waals surface area contributed by atoms with Crippen molar-refractivity contribution in [1.82, 2.24) is 4.98 Å². The normalized spacial score (nSPS) is 23.8. The van der Waals surface area contributed by atoms with Gasteiger partial charge in [0.1, 0.15) is 5.76 Å². The van der Waals surface area contributed by atoms with Crippen LogP contribution < -0.4 is 0 Å². The first-order valence-corrected chi connectivity index (χ1v) is 10.6. The third kappa shape index (κ3) is 2.89. The zero-order valence-electron chi connectivity index (χ0n) is 15.8. The first-order valence-electron chi connectivity index (χ1n) is 9.51. The Labute approximate surface area is 159 Å². The molecule has 1 unspecified atom stereocenters. The van der Waals surface area contributed by atoms with E-state index in [9.17, 15) is 0 Å². The molecule has 0 bridgehead atoms. The number of hydrogen-bond donors (Lipinski definition) is 0. The van der Waals surface area contributed by atoms with Crippen LogP contribution in [0.4, 0.5) is 0 Å². The summed E-state index contributed by atoms with van der Waals surface area (Å²) in [6.45, 7) is 9.57. The van der Waals surface area contributed by atoms with Crippen molar-refractivity contribution in [3.8, 4) is 0 Å². The van der Waals surface area contributed by atoms with Crippen molar-refractivity contribution in [3.05, 3.63) is 52.2 Å². The number of oxazole rings is 1. The van der Waals surface area contributed by atoms with Crippen LogP contribution in [-0.2, 0) is 22.6 Å². The highest BCUT2D eigenvalue weighted by atomic mass is 79.9. The molecule has 134 valence electrons. The minimum Gasteiger partial charge on any atom is -0.444 e. The Kier molecular flexibility index (Phi) is 4.14. The number of aryl methyl sites for hydroxylation is 1. The minimum absolute atomic E-state index is 0.253. The van der Waals surface area contributed by atoms with Crippen LogP contribution in [0.2, 0.25) is 0 Å². The van der Waals surface area contributed by atoms with Crippen LogP contribution in [0, 0.1) is 0 Å². The molecule has 1 heterocycles. The van der Waals surface area contributed by atoms with Gasteiger partial charge in [-0.25, -0.2) is 4.98 Å². The van der Waals surface area contributed by atoms with E-state index in [1.807, 2.05) is 0 Å². The van der Waals surface area contributed by atoms with Crippen molar-refractivity contribution in [2.75, 3.05) is 0 Å². The van der Waals surface area contributed by atoms with E-state index in [1.54, 1.807) is 0 Å². The SMILES string of the molecule is CC1(C)CCC(C)(C)c2cc(C3CCCc4oc(CBr)nc43)ccc21. The first kappa shape index (κ1) is 17.3.